The Morgan fingerprint density at radius 2 is 2.20 bits per heavy atom. The van der Waals surface area contributed by atoms with Gasteiger partial charge in [0.25, 0.3) is 0 Å². The van der Waals surface area contributed by atoms with Crippen LogP contribution in [0.25, 0.3) is 0 Å². The number of hydrogen-bond donors (Lipinski definition) is 1. The van der Waals surface area contributed by atoms with Gasteiger partial charge in [-0.3, -0.25) is 4.79 Å². The van der Waals surface area contributed by atoms with E-state index in [9.17, 15) is 4.79 Å². The van der Waals surface area contributed by atoms with Crippen LogP contribution < -0.4 is 14.8 Å². The van der Waals surface area contributed by atoms with Gasteiger partial charge in [0.05, 0.1) is 20.3 Å². The Morgan fingerprint density at radius 1 is 1.40 bits per heavy atom. The van der Waals surface area contributed by atoms with Crippen LogP contribution in [0.3, 0.4) is 0 Å². The lowest BCUT2D eigenvalue weighted by molar-refractivity contribution is -0.130. The van der Waals surface area contributed by atoms with Gasteiger partial charge in [0, 0.05) is 18.2 Å². The summed E-state index contributed by atoms with van der Waals surface area (Å²) >= 11 is 0. The van der Waals surface area contributed by atoms with E-state index in [-0.39, 0.29) is 18.1 Å². The van der Waals surface area contributed by atoms with E-state index in [1.165, 1.54) is 0 Å². The number of benzene rings is 1. The van der Waals surface area contributed by atoms with Crippen molar-refractivity contribution < 1.29 is 19.0 Å². The Morgan fingerprint density at radius 3 is 2.80 bits per heavy atom. The van der Waals surface area contributed by atoms with Gasteiger partial charge < -0.3 is 19.5 Å². The predicted molar refractivity (Wildman–Crippen MR) is 75.1 cm³/mol. The first-order valence-electron chi connectivity index (χ1n) is 6.79. The highest BCUT2D eigenvalue weighted by atomic mass is 16.5. The molecule has 0 spiro atoms. The average Bonchev–Trinajstić information content (AvgIpc) is 3.00. The molecule has 1 amide bonds. The molecular formula is C15H21NO4. The second-order valence-corrected chi connectivity index (χ2v) is 4.84. The average molecular weight is 279 g/mol. The first kappa shape index (κ1) is 14.7. The molecule has 0 radical (unpaired) electrons. The molecule has 1 fully saturated rings. The zero-order valence-electron chi connectivity index (χ0n) is 12.1. The predicted octanol–water partition coefficient (Wildman–Crippen LogP) is 2.06. The van der Waals surface area contributed by atoms with Crippen LogP contribution in [0.1, 0.15) is 31.4 Å². The summed E-state index contributed by atoms with van der Waals surface area (Å²) < 4.78 is 15.9. The van der Waals surface area contributed by atoms with Crippen molar-refractivity contribution in [2.45, 2.75) is 31.9 Å². The third kappa shape index (κ3) is 3.22. The quantitative estimate of drug-likeness (QED) is 0.896. The van der Waals surface area contributed by atoms with Gasteiger partial charge in [0.2, 0.25) is 5.91 Å². The lowest BCUT2D eigenvalue weighted by atomic mass is 10.1. The minimum absolute atomic E-state index is 0.0622. The summed E-state index contributed by atoms with van der Waals surface area (Å²) in [7, 11) is 3.21. The van der Waals surface area contributed by atoms with Gasteiger partial charge in [-0.25, -0.2) is 0 Å². The van der Waals surface area contributed by atoms with Crippen LogP contribution in [0, 0.1) is 0 Å². The molecule has 0 aromatic heterocycles. The Kier molecular flexibility index (Phi) is 4.84. The molecule has 0 unspecified atom stereocenters. The fraction of sp³-hybridized carbons (Fsp3) is 0.533. The molecule has 1 aliphatic rings. The SMILES string of the molecule is COc1ccc([C@@H](C)NC(=O)[C@@H]2CCCO2)c(OC)c1. The smallest absolute Gasteiger partial charge is 0.249 e. The van der Waals surface area contributed by atoms with Crippen molar-refractivity contribution in [1.82, 2.24) is 5.32 Å². The summed E-state index contributed by atoms with van der Waals surface area (Å²) in [4.78, 5) is 12.1. The van der Waals surface area contributed by atoms with Gasteiger partial charge in [0.15, 0.2) is 0 Å². The van der Waals surface area contributed by atoms with Crippen LogP contribution in [-0.2, 0) is 9.53 Å². The molecule has 1 N–H and O–H groups in total. The molecule has 1 aliphatic heterocycles. The minimum atomic E-state index is -0.318. The summed E-state index contributed by atoms with van der Waals surface area (Å²) in [6.07, 6.45) is 1.41. The number of ether oxygens (including phenoxy) is 3. The van der Waals surface area contributed by atoms with Crippen molar-refractivity contribution in [2.75, 3.05) is 20.8 Å². The number of nitrogens with one attached hydrogen (secondary N) is 1. The topological polar surface area (TPSA) is 56.8 Å². The molecule has 0 aliphatic carbocycles. The molecule has 1 aromatic carbocycles. The van der Waals surface area contributed by atoms with Crippen molar-refractivity contribution in [3.8, 4) is 11.5 Å². The number of amides is 1. The second kappa shape index (κ2) is 6.61. The van der Waals surface area contributed by atoms with Crippen LogP contribution in [0.5, 0.6) is 11.5 Å². The van der Waals surface area contributed by atoms with E-state index in [2.05, 4.69) is 5.32 Å². The number of rotatable bonds is 5. The van der Waals surface area contributed by atoms with Crippen molar-refractivity contribution >= 4 is 5.91 Å². The number of hydrogen-bond acceptors (Lipinski definition) is 4. The lowest BCUT2D eigenvalue weighted by Crippen LogP contribution is -2.35. The molecule has 0 bridgehead atoms. The van der Waals surface area contributed by atoms with E-state index in [4.69, 9.17) is 14.2 Å². The fourth-order valence-electron chi connectivity index (χ4n) is 2.34. The molecule has 1 aromatic rings. The zero-order chi connectivity index (χ0) is 14.5. The van der Waals surface area contributed by atoms with Gasteiger partial charge >= 0.3 is 0 Å². The summed E-state index contributed by atoms with van der Waals surface area (Å²) in [5.41, 5.74) is 0.916. The normalized spacial score (nSPS) is 19.4. The highest BCUT2D eigenvalue weighted by molar-refractivity contribution is 5.81. The number of carbonyl (C=O) groups excluding carboxylic acids is 1. The summed E-state index contributed by atoms with van der Waals surface area (Å²) in [5.74, 6) is 1.36. The maximum absolute atomic E-state index is 12.1. The number of methoxy groups -OCH3 is 2. The molecule has 110 valence electrons. The third-order valence-electron chi connectivity index (χ3n) is 3.49. The highest BCUT2D eigenvalue weighted by Gasteiger charge is 2.25. The van der Waals surface area contributed by atoms with Crippen molar-refractivity contribution in [2.24, 2.45) is 0 Å². The van der Waals surface area contributed by atoms with Crippen molar-refractivity contribution in [3.63, 3.8) is 0 Å². The first-order valence-corrected chi connectivity index (χ1v) is 6.79. The Labute approximate surface area is 119 Å². The lowest BCUT2D eigenvalue weighted by Gasteiger charge is -2.19. The molecule has 5 heteroatoms. The van der Waals surface area contributed by atoms with E-state index >= 15 is 0 Å². The maximum Gasteiger partial charge on any atom is 0.249 e. The Balaban J connectivity index is 2.07. The van der Waals surface area contributed by atoms with Gasteiger partial charge in [-0.05, 0) is 31.9 Å². The molecule has 2 atom stereocenters. The van der Waals surface area contributed by atoms with Gasteiger partial charge in [0.1, 0.15) is 17.6 Å². The minimum Gasteiger partial charge on any atom is -0.497 e. The summed E-state index contributed by atoms with van der Waals surface area (Å²) in [6.45, 7) is 2.59. The van der Waals surface area contributed by atoms with E-state index in [1.54, 1.807) is 14.2 Å². The molecule has 20 heavy (non-hydrogen) atoms. The standard InChI is InChI=1S/C15H21NO4/c1-10(16-15(17)13-5-4-8-20-13)12-7-6-11(18-2)9-14(12)19-3/h6-7,9-10,13H,4-5,8H2,1-3H3,(H,16,17)/t10-,13+/m1/s1. The van der Waals surface area contributed by atoms with E-state index in [1.807, 2.05) is 25.1 Å². The van der Waals surface area contributed by atoms with Crippen molar-refractivity contribution in [3.05, 3.63) is 23.8 Å². The van der Waals surface area contributed by atoms with Gasteiger partial charge in [-0.2, -0.15) is 0 Å². The molecule has 1 heterocycles. The monoisotopic (exact) mass is 279 g/mol. The van der Waals surface area contributed by atoms with Crippen LogP contribution >= 0.6 is 0 Å². The van der Waals surface area contributed by atoms with E-state index in [0.717, 1.165) is 24.2 Å². The van der Waals surface area contributed by atoms with E-state index in [0.29, 0.717) is 12.4 Å². The summed E-state index contributed by atoms with van der Waals surface area (Å²) in [5, 5.41) is 2.97. The fourth-order valence-corrected chi connectivity index (χ4v) is 2.34. The number of carbonyl (C=O) groups is 1. The van der Waals surface area contributed by atoms with Gasteiger partial charge in [-0.1, -0.05) is 0 Å². The van der Waals surface area contributed by atoms with Gasteiger partial charge in [-0.15, -0.1) is 0 Å². The van der Waals surface area contributed by atoms with Crippen LogP contribution in [-0.4, -0.2) is 32.8 Å². The van der Waals surface area contributed by atoms with Crippen LogP contribution in [0.15, 0.2) is 18.2 Å². The largest absolute Gasteiger partial charge is 0.497 e. The highest BCUT2D eigenvalue weighted by Crippen LogP contribution is 2.29. The van der Waals surface area contributed by atoms with Crippen LogP contribution in [0.2, 0.25) is 0 Å². The summed E-state index contributed by atoms with van der Waals surface area (Å²) in [6, 6.07) is 5.42. The van der Waals surface area contributed by atoms with E-state index < -0.39 is 0 Å². The maximum atomic E-state index is 12.1. The third-order valence-corrected chi connectivity index (χ3v) is 3.49. The van der Waals surface area contributed by atoms with Crippen LogP contribution in [0.4, 0.5) is 0 Å². The molecule has 2 rings (SSSR count). The molecule has 0 saturated carbocycles. The zero-order valence-corrected chi connectivity index (χ0v) is 12.1. The Bertz CT molecular complexity index is 469. The second-order valence-electron chi connectivity index (χ2n) is 4.84. The van der Waals surface area contributed by atoms with Crippen molar-refractivity contribution in [1.29, 1.82) is 0 Å². The molecule has 5 nitrogen and oxygen atoms in total. The Hall–Kier alpha value is -1.75. The molecule has 1 saturated heterocycles. The molecular weight excluding hydrogens is 258 g/mol. The first-order chi connectivity index (χ1) is 9.65.